The lowest BCUT2D eigenvalue weighted by molar-refractivity contribution is 0.482. The van der Waals surface area contributed by atoms with E-state index in [0.29, 0.717) is 5.25 Å². The van der Waals surface area contributed by atoms with Gasteiger partial charge in [-0.05, 0) is 54.7 Å². The minimum absolute atomic E-state index is 0.262. The second-order valence-corrected chi connectivity index (χ2v) is 8.18. The van der Waals surface area contributed by atoms with Gasteiger partial charge in [0.25, 0.3) is 0 Å². The van der Waals surface area contributed by atoms with Crippen LogP contribution in [0.15, 0.2) is 60.7 Å². The molecule has 23 heavy (non-hydrogen) atoms. The first-order chi connectivity index (χ1) is 11.3. The van der Waals surface area contributed by atoms with Crippen LogP contribution in [0.3, 0.4) is 0 Å². The van der Waals surface area contributed by atoms with E-state index in [4.69, 9.17) is 4.74 Å². The van der Waals surface area contributed by atoms with Crippen molar-refractivity contribution < 1.29 is 8.95 Å². The number of hydrogen-bond donors (Lipinski definition) is 0. The molecule has 1 fully saturated rings. The number of allylic oxidation sites excluding steroid dienone is 1. The van der Waals surface area contributed by atoms with Crippen LogP contribution in [0, 0.1) is 0 Å². The Balaban J connectivity index is 1.53. The van der Waals surface area contributed by atoms with Gasteiger partial charge in [-0.2, -0.15) is 0 Å². The third kappa shape index (κ3) is 3.11. The van der Waals surface area contributed by atoms with Crippen LogP contribution in [0.5, 0.6) is 11.5 Å². The van der Waals surface area contributed by atoms with E-state index in [9.17, 15) is 4.21 Å². The first kappa shape index (κ1) is 14.7. The summed E-state index contributed by atoms with van der Waals surface area (Å²) in [4.78, 5) is 0. The van der Waals surface area contributed by atoms with Crippen LogP contribution >= 0.6 is 0 Å². The lowest BCUT2D eigenvalue weighted by Crippen LogP contribution is -2.33. The SMILES string of the molecule is O=S1C2C=C(c3ccc(Oc4ccccc4)cc3)CC1CCC2. The van der Waals surface area contributed by atoms with Crippen LogP contribution in [0.1, 0.15) is 31.2 Å². The molecule has 0 amide bonds. The molecule has 2 aromatic rings. The fourth-order valence-electron chi connectivity index (χ4n) is 3.47. The second kappa shape index (κ2) is 6.32. The highest BCUT2D eigenvalue weighted by molar-refractivity contribution is 7.86. The molecule has 2 aliphatic heterocycles. The maximum atomic E-state index is 12.3. The predicted octanol–water partition coefficient (Wildman–Crippen LogP) is 4.94. The molecule has 2 heterocycles. The number of benzene rings is 2. The lowest BCUT2D eigenvalue weighted by Gasteiger charge is -2.32. The van der Waals surface area contributed by atoms with Gasteiger partial charge in [0.15, 0.2) is 0 Å². The minimum atomic E-state index is -0.662. The summed E-state index contributed by atoms with van der Waals surface area (Å²) in [5.41, 5.74) is 2.59. The second-order valence-electron chi connectivity index (χ2n) is 6.26. The number of para-hydroxylation sites is 1. The highest BCUT2D eigenvalue weighted by Gasteiger charge is 2.33. The van der Waals surface area contributed by atoms with E-state index in [1.54, 1.807) is 0 Å². The van der Waals surface area contributed by atoms with Crippen molar-refractivity contribution in [3.8, 4) is 11.5 Å². The first-order valence-corrected chi connectivity index (χ1v) is 9.50. The van der Waals surface area contributed by atoms with E-state index in [1.165, 1.54) is 17.6 Å². The van der Waals surface area contributed by atoms with Crippen LogP contribution in [-0.2, 0) is 10.8 Å². The van der Waals surface area contributed by atoms with Gasteiger partial charge in [0.05, 0.1) is 5.25 Å². The van der Waals surface area contributed by atoms with E-state index in [2.05, 4.69) is 18.2 Å². The van der Waals surface area contributed by atoms with Crippen molar-refractivity contribution in [2.45, 2.75) is 36.2 Å². The summed E-state index contributed by atoms with van der Waals surface area (Å²) < 4.78 is 18.1. The molecule has 1 saturated heterocycles. The van der Waals surface area contributed by atoms with Gasteiger partial charge in [-0.15, -0.1) is 0 Å². The molecule has 4 rings (SSSR count). The third-order valence-electron chi connectivity index (χ3n) is 4.68. The monoisotopic (exact) mass is 324 g/mol. The van der Waals surface area contributed by atoms with Gasteiger partial charge >= 0.3 is 0 Å². The average Bonchev–Trinajstić information content (AvgIpc) is 2.56. The fourth-order valence-corrected chi connectivity index (χ4v) is 5.41. The maximum absolute atomic E-state index is 12.3. The highest BCUT2D eigenvalue weighted by atomic mass is 32.2. The van der Waals surface area contributed by atoms with Crippen LogP contribution in [0.2, 0.25) is 0 Å². The Morgan fingerprint density at radius 2 is 1.65 bits per heavy atom. The van der Waals surface area contributed by atoms with Crippen molar-refractivity contribution in [1.82, 2.24) is 0 Å². The van der Waals surface area contributed by atoms with Crippen molar-refractivity contribution in [3.05, 3.63) is 66.2 Å². The normalized spacial score (nSPS) is 26.4. The summed E-state index contributed by atoms with van der Waals surface area (Å²) in [6, 6.07) is 18.1. The van der Waals surface area contributed by atoms with Crippen molar-refractivity contribution in [1.29, 1.82) is 0 Å². The van der Waals surface area contributed by atoms with Gasteiger partial charge in [0, 0.05) is 16.0 Å². The summed E-state index contributed by atoms with van der Waals surface area (Å²) in [6.07, 6.45) is 6.59. The molecule has 0 N–H and O–H groups in total. The maximum Gasteiger partial charge on any atom is 0.127 e. The zero-order valence-electron chi connectivity index (χ0n) is 13.0. The third-order valence-corrected chi connectivity index (χ3v) is 6.71. The Kier molecular flexibility index (Phi) is 4.04. The molecular weight excluding hydrogens is 304 g/mol. The van der Waals surface area contributed by atoms with Crippen molar-refractivity contribution in [2.75, 3.05) is 0 Å². The van der Waals surface area contributed by atoms with E-state index in [0.717, 1.165) is 30.8 Å². The molecule has 3 heteroatoms. The highest BCUT2D eigenvalue weighted by Crippen LogP contribution is 2.37. The largest absolute Gasteiger partial charge is 0.457 e. The Morgan fingerprint density at radius 1 is 0.913 bits per heavy atom. The van der Waals surface area contributed by atoms with Crippen LogP contribution in [0.25, 0.3) is 5.57 Å². The van der Waals surface area contributed by atoms with Gasteiger partial charge in [-0.1, -0.05) is 42.8 Å². The summed E-state index contributed by atoms with van der Waals surface area (Å²) in [5, 5.41) is 0.617. The average molecular weight is 324 g/mol. The van der Waals surface area contributed by atoms with Gasteiger partial charge in [0.1, 0.15) is 11.5 Å². The van der Waals surface area contributed by atoms with E-state index in [-0.39, 0.29) is 5.25 Å². The van der Waals surface area contributed by atoms with Crippen molar-refractivity contribution in [3.63, 3.8) is 0 Å². The smallest absolute Gasteiger partial charge is 0.127 e. The minimum Gasteiger partial charge on any atom is -0.457 e. The number of hydrogen-bond acceptors (Lipinski definition) is 2. The predicted molar refractivity (Wildman–Crippen MR) is 95.1 cm³/mol. The molecule has 0 saturated carbocycles. The molecule has 3 unspecified atom stereocenters. The Labute approximate surface area is 139 Å². The van der Waals surface area contributed by atoms with Crippen molar-refractivity contribution in [2.24, 2.45) is 0 Å². The molecule has 0 radical (unpaired) electrons. The van der Waals surface area contributed by atoms with Gasteiger partial charge in [0.2, 0.25) is 0 Å². The van der Waals surface area contributed by atoms with Crippen LogP contribution in [-0.4, -0.2) is 14.7 Å². The molecule has 118 valence electrons. The topological polar surface area (TPSA) is 26.3 Å². The Morgan fingerprint density at radius 3 is 2.39 bits per heavy atom. The number of fused-ring (bicyclic) bond motifs is 2. The van der Waals surface area contributed by atoms with Crippen LogP contribution in [0.4, 0.5) is 0 Å². The molecule has 2 aromatic carbocycles. The fraction of sp³-hybridized carbons (Fsp3) is 0.300. The molecule has 0 aromatic heterocycles. The van der Waals surface area contributed by atoms with Crippen molar-refractivity contribution >= 4 is 16.4 Å². The summed E-state index contributed by atoms with van der Waals surface area (Å²) in [6.45, 7) is 0. The van der Waals surface area contributed by atoms with Gasteiger partial charge < -0.3 is 4.74 Å². The molecule has 2 bridgehead atoms. The summed E-state index contributed by atoms with van der Waals surface area (Å²) in [5.74, 6) is 1.70. The zero-order valence-corrected chi connectivity index (χ0v) is 13.8. The molecule has 0 spiro atoms. The summed E-state index contributed by atoms with van der Waals surface area (Å²) in [7, 11) is -0.662. The summed E-state index contributed by atoms with van der Waals surface area (Å²) >= 11 is 0. The van der Waals surface area contributed by atoms with E-state index in [1.807, 2.05) is 42.5 Å². The number of rotatable bonds is 3. The standard InChI is InChI=1S/C20H20O2S/c21-23-19-7-4-8-20(23)14-16(13-19)15-9-11-18(12-10-15)22-17-5-2-1-3-6-17/h1-3,5-6,9-13,19-20H,4,7-8,14H2. The molecule has 2 nitrogen and oxygen atoms in total. The quantitative estimate of drug-likeness (QED) is 0.799. The lowest BCUT2D eigenvalue weighted by atomic mass is 9.93. The van der Waals surface area contributed by atoms with Crippen LogP contribution < -0.4 is 4.74 Å². The molecule has 3 atom stereocenters. The molecule has 2 aliphatic rings. The Bertz CT molecular complexity index is 734. The molecule has 0 aliphatic carbocycles. The van der Waals surface area contributed by atoms with Gasteiger partial charge in [-0.3, -0.25) is 4.21 Å². The van der Waals surface area contributed by atoms with E-state index < -0.39 is 10.8 Å². The first-order valence-electron chi connectivity index (χ1n) is 8.23. The van der Waals surface area contributed by atoms with E-state index >= 15 is 0 Å². The Hall–Kier alpha value is -1.87. The zero-order chi connectivity index (χ0) is 15.6. The number of ether oxygens (including phenoxy) is 1. The van der Waals surface area contributed by atoms with Gasteiger partial charge in [-0.25, -0.2) is 0 Å². The molecular formula is C20H20O2S.